The Hall–Kier alpha value is -3.91. The minimum Gasteiger partial charge on any atom is -0.489 e. The molecule has 0 saturated heterocycles. The third-order valence-electron chi connectivity index (χ3n) is 6.00. The van der Waals surface area contributed by atoms with Gasteiger partial charge in [0.15, 0.2) is 0 Å². The Kier molecular flexibility index (Phi) is 5.67. The van der Waals surface area contributed by atoms with E-state index in [1.54, 1.807) is 0 Å². The molecule has 0 bridgehead atoms. The first-order valence-electron chi connectivity index (χ1n) is 11.0. The lowest BCUT2D eigenvalue weighted by Crippen LogP contribution is -2.07. The highest BCUT2D eigenvalue weighted by Crippen LogP contribution is 2.41. The van der Waals surface area contributed by atoms with Gasteiger partial charge in [-0.15, -0.1) is 0 Å². The smallest absolute Gasteiger partial charge is 0.150 e. The molecule has 0 saturated carbocycles. The van der Waals surface area contributed by atoms with Crippen LogP contribution in [0.15, 0.2) is 103 Å². The summed E-state index contributed by atoms with van der Waals surface area (Å²) in [4.78, 5) is 11.2. The van der Waals surface area contributed by atoms with Crippen LogP contribution in [0.1, 0.15) is 44.6 Å². The van der Waals surface area contributed by atoms with Crippen LogP contribution in [-0.2, 0) is 13.0 Å². The molecule has 0 spiro atoms. The fourth-order valence-corrected chi connectivity index (χ4v) is 4.38. The number of rotatable bonds is 6. The zero-order valence-electron chi connectivity index (χ0n) is 17.8. The van der Waals surface area contributed by atoms with Crippen LogP contribution < -0.4 is 4.74 Å². The van der Waals surface area contributed by atoms with Gasteiger partial charge in [0.05, 0.1) is 0 Å². The van der Waals surface area contributed by atoms with Crippen molar-refractivity contribution in [1.29, 1.82) is 0 Å². The first-order chi connectivity index (χ1) is 15.8. The molecular weight excluding hydrogens is 392 g/mol. The normalized spacial score (nSPS) is 12.9. The third kappa shape index (κ3) is 4.13. The zero-order chi connectivity index (χ0) is 21.8. The molecule has 1 aliphatic rings. The van der Waals surface area contributed by atoms with Crippen molar-refractivity contribution in [2.45, 2.75) is 19.4 Å². The van der Waals surface area contributed by atoms with Crippen molar-refractivity contribution in [3.8, 4) is 5.75 Å². The summed E-state index contributed by atoms with van der Waals surface area (Å²) in [6.45, 7) is 0.560. The number of allylic oxidation sites excluding steroid dienone is 1. The summed E-state index contributed by atoms with van der Waals surface area (Å²) in [5, 5.41) is 0. The first-order valence-corrected chi connectivity index (χ1v) is 11.0. The second-order valence-corrected chi connectivity index (χ2v) is 8.05. The first kappa shape index (κ1) is 20.0. The standard InChI is InChI=1S/C30H24O2/c31-20-22-11-13-25(14-12-22)30-28(24-9-5-2-6-10-24)17-15-26-19-27(16-18-29(26)30)32-21-23-7-3-1-4-8-23/h1-14,16,18-20H,15,17,21H2. The lowest BCUT2D eigenvalue weighted by molar-refractivity contribution is 0.112. The molecule has 156 valence electrons. The van der Waals surface area contributed by atoms with Crippen LogP contribution in [0, 0.1) is 0 Å². The Bertz CT molecular complexity index is 1250. The van der Waals surface area contributed by atoms with Crippen molar-refractivity contribution >= 4 is 17.4 Å². The van der Waals surface area contributed by atoms with Crippen LogP contribution in [-0.4, -0.2) is 6.29 Å². The van der Waals surface area contributed by atoms with Gasteiger partial charge in [0.2, 0.25) is 0 Å². The van der Waals surface area contributed by atoms with Gasteiger partial charge >= 0.3 is 0 Å². The molecule has 1 aliphatic carbocycles. The monoisotopic (exact) mass is 416 g/mol. The predicted molar refractivity (Wildman–Crippen MR) is 130 cm³/mol. The maximum atomic E-state index is 11.2. The van der Waals surface area contributed by atoms with Crippen LogP contribution >= 0.6 is 0 Å². The molecule has 0 radical (unpaired) electrons. The van der Waals surface area contributed by atoms with E-state index in [-0.39, 0.29) is 0 Å². The van der Waals surface area contributed by atoms with Gasteiger partial charge in [-0.1, -0.05) is 91.0 Å². The van der Waals surface area contributed by atoms with E-state index in [2.05, 4.69) is 72.8 Å². The lowest BCUT2D eigenvalue weighted by atomic mass is 9.79. The Balaban J connectivity index is 1.54. The van der Waals surface area contributed by atoms with Gasteiger partial charge in [0, 0.05) is 5.56 Å². The van der Waals surface area contributed by atoms with E-state index in [1.165, 1.54) is 27.8 Å². The van der Waals surface area contributed by atoms with Crippen molar-refractivity contribution in [3.05, 3.63) is 137 Å². The van der Waals surface area contributed by atoms with E-state index in [0.717, 1.165) is 36.0 Å². The van der Waals surface area contributed by atoms with E-state index in [0.29, 0.717) is 12.2 Å². The summed E-state index contributed by atoms with van der Waals surface area (Å²) in [5.74, 6) is 0.895. The van der Waals surface area contributed by atoms with Crippen molar-refractivity contribution in [2.24, 2.45) is 0 Å². The molecule has 0 aromatic heterocycles. The number of ether oxygens (including phenoxy) is 1. The molecule has 0 heterocycles. The fraction of sp³-hybridized carbons (Fsp3) is 0.100. The topological polar surface area (TPSA) is 26.3 Å². The van der Waals surface area contributed by atoms with Crippen molar-refractivity contribution in [1.82, 2.24) is 0 Å². The van der Waals surface area contributed by atoms with Gasteiger partial charge in [-0.3, -0.25) is 4.79 Å². The maximum absolute atomic E-state index is 11.2. The Labute approximate surface area is 188 Å². The molecule has 4 aromatic carbocycles. The molecular formula is C30H24O2. The van der Waals surface area contributed by atoms with Crippen LogP contribution in [0.4, 0.5) is 0 Å². The highest BCUT2D eigenvalue weighted by Gasteiger charge is 2.22. The summed E-state index contributed by atoms with van der Waals surface area (Å²) < 4.78 is 6.09. The molecule has 32 heavy (non-hydrogen) atoms. The molecule has 0 atom stereocenters. The van der Waals surface area contributed by atoms with Gasteiger partial charge in [0.25, 0.3) is 0 Å². The predicted octanol–water partition coefficient (Wildman–Crippen LogP) is 6.98. The second kappa shape index (κ2) is 9.07. The highest BCUT2D eigenvalue weighted by molar-refractivity contribution is 6.01. The highest BCUT2D eigenvalue weighted by atomic mass is 16.5. The molecule has 0 unspecified atom stereocenters. The lowest BCUT2D eigenvalue weighted by Gasteiger charge is -2.25. The van der Waals surface area contributed by atoms with E-state index < -0.39 is 0 Å². The van der Waals surface area contributed by atoms with E-state index in [9.17, 15) is 4.79 Å². The molecule has 5 rings (SSSR count). The number of aldehydes is 1. The average Bonchev–Trinajstić information content (AvgIpc) is 2.88. The minimum absolute atomic E-state index is 0.560. The third-order valence-corrected chi connectivity index (χ3v) is 6.00. The van der Waals surface area contributed by atoms with Crippen LogP contribution in [0.5, 0.6) is 5.75 Å². The molecule has 0 amide bonds. The second-order valence-electron chi connectivity index (χ2n) is 8.05. The van der Waals surface area contributed by atoms with Gasteiger partial charge < -0.3 is 4.74 Å². The molecule has 0 N–H and O–H groups in total. The number of benzene rings is 4. The fourth-order valence-electron chi connectivity index (χ4n) is 4.38. The quantitative estimate of drug-likeness (QED) is 0.317. The number of hydrogen-bond donors (Lipinski definition) is 0. The number of aryl methyl sites for hydroxylation is 1. The maximum Gasteiger partial charge on any atom is 0.150 e. The van der Waals surface area contributed by atoms with Crippen LogP contribution in [0.2, 0.25) is 0 Å². The van der Waals surface area contributed by atoms with Gasteiger partial charge in [-0.25, -0.2) is 0 Å². The summed E-state index contributed by atoms with van der Waals surface area (Å²) in [6.07, 6.45) is 2.82. The van der Waals surface area contributed by atoms with Crippen molar-refractivity contribution < 1.29 is 9.53 Å². The Morgan fingerprint density at radius 1 is 0.719 bits per heavy atom. The largest absolute Gasteiger partial charge is 0.489 e. The average molecular weight is 417 g/mol. The number of hydrogen-bond acceptors (Lipinski definition) is 2. The van der Waals surface area contributed by atoms with Crippen molar-refractivity contribution in [2.75, 3.05) is 0 Å². The Morgan fingerprint density at radius 3 is 2.16 bits per heavy atom. The van der Waals surface area contributed by atoms with Gasteiger partial charge in [-0.05, 0) is 63.9 Å². The number of carbonyl (C=O) groups excluding carboxylic acids is 1. The molecule has 0 fully saturated rings. The van der Waals surface area contributed by atoms with E-state index >= 15 is 0 Å². The SMILES string of the molecule is O=Cc1ccc(C2=C(c3ccccc3)CCc3cc(OCc4ccccc4)ccc32)cc1. The van der Waals surface area contributed by atoms with Gasteiger partial charge in [0.1, 0.15) is 18.6 Å². The summed E-state index contributed by atoms with van der Waals surface area (Å²) >= 11 is 0. The summed E-state index contributed by atoms with van der Waals surface area (Å²) in [5.41, 5.74) is 9.35. The summed E-state index contributed by atoms with van der Waals surface area (Å²) in [7, 11) is 0. The van der Waals surface area contributed by atoms with Crippen molar-refractivity contribution in [3.63, 3.8) is 0 Å². The van der Waals surface area contributed by atoms with E-state index in [1.807, 2.05) is 30.3 Å². The van der Waals surface area contributed by atoms with Crippen LogP contribution in [0.25, 0.3) is 11.1 Å². The van der Waals surface area contributed by atoms with Gasteiger partial charge in [-0.2, -0.15) is 0 Å². The van der Waals surface area contributed by atoms with Crippen LogP contribution in [0.3, 0.4) is 0 Å². The molecule has 0 aliphatic heterocycles. The molecule has 4 aromatic rings. The molecule has 2 nitrogen and oxygen atoms in total. The summed E-state index contributed by atoms with van der Waals surface area (Å²) in [6, 6.07) is 35.1. The minimum atomic E-state index is 0.560. The van der Waals surface area contributed by atoms with E-state index in [4.69, 9.17) is 4.74 Å². The number of fused-ring (bicyclic) bond motifs is 1. The zero-order valence-corrected chi connectivity index (χ0v) is 17.8. The Morgan fingerprint density at radius 2 is 1.44 bits per heavy atom. The number of carbonyl (C=O) groups is 1. The molecule has 2 heteroatoms.